The normalized spacial score (nSPS) is 11.8. The van der Waals surface area contributed by atoms with E-state index in [4.69, 9.17) is 5.73 Å². The summed E-state index contributed by atoms with van der Waals surface area (Å²) in [6.45, 7) is 1.88. The molecule has 2 rings (SSSR count). The molecule has 1 amide bonds. The summed E-state index contributed by atoms with van der Waals surface area (Å²) in [7, 11) is 0. The number of hydrogen-bond acceptors (Lipinski definition) is 4. The van der Waals surface area contributed by atoms with E-state index in [-0.39, 0.29) is 17.6 Å². The second-order valence-corrected chi connectivity index (χ2v) is 3.92. The van der Waals surface area contributed by atoms with Crippen molar-refractivity contribution in [1.82, 2.24) is 15.3 Å². The number of nitrogen functional groups attached to an aromatic ring is 1. The van der Waals surface area contributed by atoms with Gasteiger partial charge in [-0.3, -0.25) is 9.78 Å². The van der Waals surface area contributed by atoms with Crippen LogP contribution in [0.5, 0.6) is 0 Å². The molecule has 5 nitrogen and oxygen atoms in total. The summed E-state index contributed by atoms with van der Waals surface area (Å²) in [4.78, 5) is 20.0. The molecule has 0 saturated heterocycles. The molecule has 0 aromatic carbocycles. The van der Waals surface area contributed by atoms with E-state index in [2.05, 4.69) is 15.3 Å². The largest absolute Gasteiger partial charge is 0.397 e. The van der Waals surface area contributed by atoms with E-state index in [9.17, 15) is 4.79 Å². The first kappa shape index (κ1) is 12.0. The van der Waals surface area contributed by atoms with Crippen LogP contribution < -0.4 is 11.1 Å². The number of nitrogens with one attached hydrogen (secondary N) is 1. The molecule has 1 unspecified atom stereocenters. The van der Waals surface area contributed by atoms with Gasteiger partial charge in [-0.15, -0.1) is 0 Å². The number of nitrogens with two attached hydrogens (primary N) is 1. The molecule has 3 N–H and O–H groups in total. The molecular weight excluding hydrogens is 228 g/mol. The van der Waals surface area contributed by atoms with Gasteiger partial charge in [-0.1, -0.05) is 6.07 Å². The first-order chi connectivity index (χ1) is 8.68. The number of aromatic nitrogens is 2. The molecule has 0 fully saturated rings. The van der Waals surface area contributed by atoms with Crippen molar-refractivity contribution in [3.05, 3.63) is 54.1 Å². The fraction of sp³-hybridized carbons (Fsp3) is 0.154. The molecule has 2 aromatic rings. The lowest BCUT2D eigenvalue weighted by Crippen LogP contribution is -2.28. The van der Waals surface area contributed by atoms with Crippen LogP contribution in [0.4, 0.5) is 5.69 Å². The summed E-state index contributed by atoms with van der Waals surface area (Å²) in [5, 5.41) is 2.83. The Morgan fingerprint density at radius 1 is 1.33 bits per heavy atom. The van der Waals surface area contributed by atoms with Crippen LogP contribution in [0, 0.1) is 0 Å². The Morgan fingerprint density at radius 3 is 2.78 bits per heavy atom. The lowest BCUT2D eigenvalue weighted by Gasteiger charge is -2.14. The Morgan fingerprint density at radius 2 is 2.11 bits per heavy atom. The summed E-state index contributed by atoms with van der Waals surface area (Å²) in [6, 6.07) is 6.92. The van der Waals surface area contributed by atoms with Gasteiger partial charge in [0.25, 0.3) is 5.91 Å². The van der Waals surface area contributed by atoms with Crippen LogP contribution in [0.2, 0.25) is 0 Å². The van der Waals surface area contributed by atoms with Gasteiger partial charge in [-0.05, 0) is 30.7 Å². The molecular formula is C13H14N4O. The van der Waals surface area contributed by atoms with E-state index in [1.807, 2.05) is 19.1 Å². The molecule has 0 aliphatic rings. The Balaban J connectivity index is 2.11. The minimum absolute atomic E-state index is 0.146. The van der Waals surface area contributed by atoms with Crippen LogP contribution in [0.3, 0.4) is 0 Å². The first-order valence-corrected chi connectivity index (χ1v) is 5.60. The van der Waals surface area contributed by atoms with Gasteiger partial charge in [-0.2, -0.15) is 0 Å². The van der Waals surface area contributed by atoms with Gasteiger partial charge in [0, 0.05) is 18.6 Å². The van der Waals surface area contributed by atoms with E-state index in [1.165, 1.54) is 0 Å². The van der Waals surface area contributed by atoms with Crippen molar-refractivity contribution >= 4 is 11.6 Å². The van der Waals surface area contributed by atoms with Gasteiger partial charge < -0.3 is 11.1 Å². The van der Waals surface area contributed by atoms with Gasteiger partial charge in [0.15, 0.2) is 5.69 Å². The molecule has 92 valence electrons. The van der Waals surface area contributed by atoms with E-state index >= 15 is 0 Å². The predicted molar refractivity (Wildman–Crippen MR) is 68.8 cm³/mol. The van der Waals surface area contributed by atoms with Gasteiger partial charge in [-0.25, -0.2) is 4.98 Å². The summed E-state index contributed by atoms with van der Waals surface area (Å²) in [5.74, 6) is -0.288. The average molecular weight is 242 g/mol. The summed E-state index contributed by atoms with van der Waals surface area (Å²) < 4.78 is 0. The number of hydrogen-bond donors (Lipinski definition) is 2. The maximum Gasteiger partial charge on any atom is 0.272 e. The van der Waals surface area contributed by atoms with Gasteiger partial charge in [0.05, 0.1) is 11.7 Å². The standard InChI is InChI=1S/C13H14N4O/c1-9(10-4-2-6-15-8-10)17-13(18)12-11(14)5-3-7-16-12/h2-9H,14H2,1H3,(H,17,18). The Labute approximate surface area is 105 Å². The highest BCUT2D eigenvalue weighted by Crippen LogP contribution is 2.12. The van der Waals surface area contributed by atoms with Crippen LogP contribution in [-0.2, 0) is 0 Å². The topological polar surface area (TPSA) is 80.9 Å². The van der Waals surface area contributed by atoms with E-state index < -0.39 is 0 Å². The zero-order valence-corrected chi connectivity index (χ0v) is 10.00. The monoisotopic (exact) mass is 242 g/mol. The Bertz CT molecular complexity index is 542. The molecule has 0 radical (unpaired) electrons. The third-order valence-electron chi connectivity index (χ3n) is 2.59. The number of anilines is 1. The van der Waals surface area contributed by atoms with Crippen molar-refractivity contribution in [1.29, 1.82) is 0 Å². The van der Waals surface area contributed by atoms with Crippen molar-refractivity contribution in [2.75, 3.05) is 5.73 Å². The third-order valence-corrected chi connectivity index (χ3v) is 2.59. The first-order valence-electron chi connectivity index (χ1n) is 5.60. The quantitative estimate of drug-likeness (QED) is 0.855. The molecule has 0 saturated carbocycles. The lowest BCUT2D eigenvalue weighted by atomic mass is 10.1. The Kier molecular flexibility index (Phi) is 3.52. The fourth-order valence-electron chi connectivity index (χ4n) is 1.59. The smallest absolute Gasteiger partial charge is 0.272 e. The number of nitrogens with zero attached hydrogens (tertiary/aromatic N) is 2. The van der Waals surface area contributed by atoms with Crippen LogP contribution in [0.1, 0.15) is 29.0 Å². The highest BCUT2D eigenvalue weighted by Gasteiger charge is 2.14. The summed E-state index contributed by atoms with van der Waals surface area (Å²) in [5.41, 5.74) is 7.24. The minimum atomic E-state index is -0.288. The van der Waals surface area contributed by atoms with E-state index in [0.29, 0.717) is 5.69 Å². The highest BCUT2D eigenvalue weighted by molar-refractivity contribution is 5.97. The second-order valence-electron chi connectivity index (χ2n) is 3.92. The van der Waals surface area contributed by atoms with E-state index in [0.717, 1.165) is 5.56 Å². The van der Waals surface area contributed by atoms with Crippen molar-refractivity contribution in [2.24, 2.45) is 0 Å². The number of pyridine rings is 2. The molecule has 5 heteroatoms. The average Bonchev–Trinajstić information content (AvgIpc) is 2.40. The number of amides is 1. The fourth-order valence-corrected chi connectivity index (χ4v) is 1.59. The SMILES string of the molecule is CC(NC(=O)c1ncccc1N)c1cccnc1. The molecule has 0 spiro atoms. The third kappa shape index (κ3) is 2.63. The molecule has 0 aliphatic heterocycles. The van der Waals surface area contributed by atoms with Crippen molar-refractivity contribution in [3.63, 3.8) is 0 Å². The number of carbonyl (C=O) groups is 1. The molecule has 0 aliphatic carbocycles. The maximum atomic E-state index is 12.0. The molecule has 0 bridgehead atoms. The highest BCUT2D eigenvalue weighted by atomic mass is 16.1. The van der Waals surface area contributed by atoms with Crippen molar-refractivity contribution < 1.29 is 4.79 Å². The number of rotatable bonds is 3. The molecule has 1 atom stereocenters. The zero-order valence-electron chi connectivity index (χ0n) is 10.00. The van der Waals surface area contributed by atoms with Gasteiger partial charge in [0.1, 0.15) is 0 Å². The van der Waals surface area contributed by atoms with Crippen LogP contribution in [0.25, 0.3) is 0 Å². The van der Waals surface area contributed by atoms with Gasteiger partial charge in [0.2, 0.25) is 0 Å². The lowest BCUT2D eigenvalue weighted by molar-refractivity contribution is 0.0936. The van der Waals surface area contributed by atoms with Crippen molar-refractivity contribution in [2.45, 2.75) is 13.0 Å². The number of carbonyl (C=O) groups excluding carboxylic acids is 1. The zero-order chi connectivity index (χ0) is 13.0. The summed E-state index contributed by atoms with van der Waals surface area (Å²) >= 11 is 0. The Hall–Kier alpha value is -2.43. The molecule has 2 heterocycles. The summed E-state index contributed by atoms with van der Waals surface area (Å²) in [6.07, 6.45) is 4.95. The van der Waals surface area contributed by atoms with Gasteiger partial charge >= 0.3 is 0 Å². The van der Waals surface area contributed by atoms with Crippen LogP contribution in [0.15, 0.2) is 42.9 Å². The van der Waals surface area contributed by atoms with E-state index in [1.54, 1.807) is 30.7 Å². The van der Waals surface area contributed by atoms with Crippen LogP contribution in [-0.4, -0.2) is 15.9 Å². The maximum absolute atomic E-state index is 12.0. The minimum Gasteiger partial charge on any atom is -0.397 e. The predicted octanol–water partition coefficient (Wildman–Crippen LogP) is 1.55. The van der Waals surface area contributed by atoms with Crippen molar-refractivity contribution in [3.8, 4) is 0 Å². The molecule has 2 aromatic heterocycles. The molecule has 18 heavy (non-hydrogen) atoms. The second kappa shape index (κ2) is 5.27. The van der Waals surface area contributed by atoms with Crippen LogP contribution >= 0.6 is 0 Å².